The molecule has 0 bridgehead atoms. The molecule has 0 saturated carbocycles. The number of aryl methyl sites for hydroxylation is 1. The number of hydrogen-bond acceptors (Lipinski definition) is 8. The van der Waals surface area contributed by atoms with E-state index in [-0.39, 0.29) is 0 Å². The van der Waals surface area contributed by atoms with Gasteiger partial charge in [-0.25, -0.2) is 0 Å². The van der Waals surface area contributed by atoms with Gasteiger partial charge in [-0.15, -0.1) is 0 Å². The van der Waals surface area contributed by atoms with Crippen molar-refractivity contribution < 1.29 is 9.47 Å². The summed E-state index contributed by atoms with van der Waals surface area (Å²) in [6.45, 7) is 7.47. The molecule has 1 saturated heterocycles. The van der Waals surface area contributed by atoms with Gasteiger partial charge >= 0.3 is 6.01 Å². The van der Waals surface area contributed by atoms with Crippen molar-refractivity contribution in [2.75, 3.05) is 45.6 Å². The highest BCUT2D eigenvalue weighted by Gasteiger charge is 2.23. The molecule has 0 radical (unpaired) electrons. The van der Waals surface area contributed by atoms with Crippen LogP contribution in [0.5, 0.6) is 12.0 Å². The minimum absolute atomic E-state index is 0.294. The maximum atomic E-state index is 6.16. The van der Waals surface area contributed by atoms with Crippen molar-refractivity contribution in [3.05, 3.63) is 35.9 Å². The fourth-order valence-electron chi connectivity index (χ4n) is 4.33. The van der Waals surface area contributed by atoms with Crippen LogP contribution in [0.2, 0.25) is 0 Å². The molecule has 1 unspecified atom stereocenters. The molecule has 9 nitrogen and oxygen atoms in total. The summed E-state index contributed by atoms with van der Waals surface area (Å²) in [5.41, 5.74) is 8.75. The number of hydrogen-bond donors (Lipinski definition) is 2. The van der Waals surface area contributed by atoms with E-state index in [1.165, 1.54) is 5.56 Å². The first-order valence-corrected chi connectivity index (χ1v) is 11.9. The van der Waals surface area contributed by atoms with Gasteiger partial charge in [0.05, 0.1) is 13.7 Å². The van der Waals surface area contributed by atoms with Crippen LogP contribution in [0.3, 0.4) is 0 Å². The van der Waals surface area contributed by atoms with Crippen molar-refractivity contribution in [2.45, 2.75) is 45.2 Å². The molecular formula is C24H35N7O2. The largest absolute Gasteiger partial charge is 0.468 e. The van der Waals surface area contributed by atoms with Crippen LogP contribution in [-0.4, -0.2) is 70.4 Å². The predicted octanol–water partition coefficient (Wildman–Crippen LogP) is 2.50. The molecule has 1 aliphatic rings. The Morgan fingerprint density at radius 2 is 1.97 bits per heavy atom. The van der Waals surface area contributed by atoms with E-state index in [1.807, 2.05) is 4.57 Å². The number of nitrogens with two attached hydrogens (primary N) is 1. The van der Waals surface area contributed by atoms with Crippen molar-refractivity contribution in [3.63, 3.8) is 0 Å². The molecule has 9 heteroatoms. The summed E-state index contributed by atoms with van der Waals surface area (Å²) < 4.78 is 13.2. The molecule has 3 N–H and O–H groups in total. The van der Waals surface area contributed by atoms with Gasteiger partial charge in [0.1, 0.15) is 0 Å². The number of ether oxygens (including phenoxy) is 2. The standard InChI is InChI=1S/C24H35N7O2/c1-3-4-15-33-23-28-21(25)20-22(29-23)31(24(27-20)32-2)13-8-12-30-14-11-26-17-19(30)16-18-9-6-5-7-10-18/h5-7,9-10,19,26H,3-4,8,11-17H2,1-2H3,(H2,25,28,29). The topological polar surface area (TPSA) is 103 Å². The lowest BCUT2D eigenvalue weighted by atomic mass is 10.0. The fraction of sp³-hybridized carbons (Fsp3) is 0.542. The smallest absolute Gasteiger partial charge is 0.320 e. The van der Waals surface area contributed by atoms with Gasteiger partial charge in [-0.1, -0.05) is 43.7 Å². The van der Waals surface area contributed by atoms with Crippen LogP contribution in [0.4, 0.5) is 5.82 Å². The number of nitrogen functional groups attached to an aromatic ring is 1. The van der Waals surface area contributed by atoms with E-state index in [9.17, 15) is 0 Å². The van der Waals surface area contributed by atoms with Gasteiger partial charge in [0.15, 0.2) is 17.0 Å². The van der Waals surface area contributed by atoms with Crippen LogP contribution in [0.1, 0.15) is 31.7 Å². The molecule has 3 aromatic rings. The zero-order chi connectivity index (χ0) is 23.0. The number of methoxy groups -OCH3 is 1. The first kappa shape index (κ1) is 23.3. The molecular weight excluding hydrogens is 418 g/mol. The Balaban J connectivity index is 1.45. The molecule has 0 amide bonds. The van der Waals surface area contributed by atoms with E-state index >= 15 is 0 Å². The Kier molecular flexibility index (Phi) is 7.96. The van der Waals surface area contributed by atoms with Crippen molar-refractivity contribution in [2.24, 2.45) is 0 Å². The molecule has 2 aromatic heterocycles. The highest BCUT2D eigenvalue weighted by molar-refractivity contribution is 5.83. The Labute approximate surface area is 195 Å². The second-order valence-corrected chi connectivity index (χ2v) is 8.45. The van der Waals surface area contributed by atoms with Crippen LogP contribution in [-0.2, 0) is 13.0 Å². The Hall–Kier alpha value is -2.91. The third-order valence-electron chi connectivity index (χ3n) is 6.09. The maximum absolute atomic E-state index is 6.16. The van der Waals surface area contributed by atoms with Crippen LogP contribution in [0.25, 0.3) is 11.2 Å². The highest BCUT2D eigenvalue weighted by atomic mass is 16.5. The lowest BCUT2D eigenvalue weighted by molar-refractivity contribution is 0.156. The summed E-state index contributed by atoms with van der Waals surface area (Å²) in [5, 5.41) is 3.54. The Bertz CT molecular complexity index is 1020. The number of anilines is 1. The molecule has 178 valence electrons. The lowest BCUT2D eigenvalue weighted by Gasteiger charge is -2.36. The van der Waals surface area contributed by atoms with Gasteiger partial charge in [-0.05, 0) is 24.8 Å². The summed E-state index contributed by atoms with van der Waals surface area (Å²) >= 11 is 0. The molecule has 1 aromatic carbocycles. The average Bonchev–Trinajstić information content (AvgIpc) is 3.19. The maximum Gasteiger partial charge on any atom is 0.320 e. The molecule has 1 aliphatic heterocycles. The second kappa shape index (κ2) is 11.3. The zero-order valence-corrected chi connectivity index (χ0v) is 19.7. The quantitative estimate of drug-likeness (QED) is 0.427. The summed E-state index contributed by atoms with van der Waals surface area (Å²) in [6.07, 6.45) is 3.98. The van der Waals surface area contributed by atoms with Crippen molar-refractivity contribution in [3.8, 4) is 12.0 Å². The monoisotopic (exact) mass is 453 g/mol. The van der Waals surface area contributed by atoms with Crippen LogP contribution in [0, 0.1) is 0 Å². The molecule has 4 rings (SSSR count). The number of benzene rings is 1. The third-order valence-corrected chi connectivity index (χ3v) is 6.09. The molecule has 3 heterocycles. The molecule has 33 heavy (non-hydrogen) atoms. The van der Waals surface area contributed by atoms with Crippen molar-refractivity contribution in [1.82, 2.24) is 29.7 Å². The van der Waals surface area contributed by atoms with Gasteiger partial charge < -0.3 is 20.5 Å². The molecule has 0 spiro atoms. The number of unbranched alkanes of at least 4 members (excludes halogenated alkanes) is 1. The van der Waals surface area contributed by atoms with E-state index in [0.717, 1.165) is 58.4 Å². The number of imidazole rings is 1. The minimum atomic E-state index is 0.294. The van der Waals surface area contributed by atoms with Gasteiger partial charge in [-0.2, -0.15) is 15.0 Å². The Morgan fingerprint density at radius 3 is 2.76 bits per heavy atom. The Morgan fingerprint density at radius 1 is 1.12 bits per heavy atom. The number of aromatic nitrogens is 4. The van der Waals surface area contributed by atoms with E-state index in [2.05, 4.69) is 62.4 Å². The van der Waals surface area contributed by atoms with Gasteiger partial charge in [-0.3, -0.25) is 9.47 Å². The number of nitrogens with one attached hydrogen (secondary N) is 1. The van der Waals surface area contributed by atoms with Gasteiger partial charge in [0.2, 0.25) is 0 Å². The molecule has 0 aliphatic carbocycles. The highest BCUT2D eigenvalue weighted by Crippen LogP contribution is 2.26. The van der Waals surface area contributed by atoms with Gasteiger partial charge in [0.25, 0.3) is 6.01 Å². The molecule has 1 fully saturated rings. The van der Waals surface area contributed by atoms with Gasteiger partial charge in [0, 0.05) is 38.8 Å². The number of nitrogens with zero attached hydrogens (tertiary/aromatic N) is 5. The SMILES string of the molecule is CCCCOc1nc(N)c2nc(OC)n(CCCN3CCNCC3Cc3ccccc3)c2n1. The van der Waals surface area contributed by atoms with E-state index in [0.29, 0.717) is 41.7 Å². The first-order chi connectivity index (χ1) is 16.2. The van der Waals surface area contributed by atoms with Crippen molar-refractivity contribution >= 4 is 17.0 Å². The summed E-state index contributed by atoms with van der Waals surface area (Å²) in [5.74, 6) is 0.313. The van der Waals surface area contributed by atoms with E-state index < -0.39 is 0 Å². The third kappa shape index (κ3) is 5.72. The minimum Gasteiger partial charge on any atom is -0.468 e. The van der Waals surface area contributed by atoms with Crippen LogP contribution < -0.4 is 20.5 Å². The lowest BCUT2D eigenvalue weighted by Crippen LogP contribution is -2.52. The predicted molar refractivity (Wildman–Crippen MR) is 130 cm³/mol. The normalized spacial score (nSPS) is 16.8. The number of fused-ring (bicyclic) bond motifs is 1. The van der Waals surface area contributed by atoms with E-state index in [4.69, 9.17) is 15.2 Å². The second-order valence-electron chi connectivity index (χ2n) is 8.45. The fourth-order valence-corrected chi connectivity index (χ4v) is 4.33. The summed E-state index contributed by atoms with van der Waals surface area (Å²) in [7, 11) is 1.62. The van der Waals surface area contributed by atoms with Crippen LogP contribution >= 0.6 is 0 Å². The zero-order valence-electron chi connectivity index (χ0n) is 19.7. The van der Waals surface area contributed by atoms with E-state index in [1.54, 1.807) is 7.11 Å². The average molecular weight is 454 g/mol. The van der Waals surface area contributed by atoms with Crippen LogP contribution in [0.15, 0.2) is 30.3 Å². The van der Waals surface area contributed by atoms with Crippen molar-refractivity contribution in [1.29, 1.82) is 0 Å². The number of piperazine rings is 1. The summed E-state index contributed by atoms with van der Waals surface area (Å²) in [6, 6.07) is 12.0. The number of rotatable bonds is 11. The first-order valence-electron chi connectivity index (χ1n) is 11.9. The summed E-state index contributed by atoms with van der Waals surface area (Å²) in [4.78, 5) is 16.0. The molecule has 1 atom stereocenters.